The minimum Gasteiger partial charge on any atom is -0.340 e. The third kappa shape index (κ3) is 3.40. The van der Waals surface area contributed by atoms with Gasteiger partial charge in [-0.3, -0.25) is 0 Å². The number of hydrogen-bond donors (Lipinski definition) is 2. The molecule has 0 fully saturated rings. The molecule has 0 aliphatic rings. The van der Waals surface area contributed by atoms with E-state index in [0.29, 0.717) is 0 Å². The van der Waals surface area contributed by atoms with Crippen LogP contribution >= 0.6 is 0 Å². The summed E-state index contributed by atoms with van der Waals surface area (Å²) in [6, 6.07) is 1.82. The summed E-state index contributed by atoms with van der Waals surface area (Å²) >= 11 is 0. The molecule has 21 heavy (non-hydrogen) atoms. The van der Waals surface area contributed by atoms with Crippen molar-refractivity contribution in [2.45, 2.75) is 24.9 Å². The van der Waals surface area contributed by atoms with E-state index in [4.69, 9.17) is 5.73 Å². The van der Waals surface area contributed by atoms with Crippen molar-refractivity contribution in [1.29, 1.82) is 0 Å². The molecule has 10 heteroatoms. The molecule has 1 aromatic heterocycles. The first kappa shape index (κ1) is 15.5. The molecule has 0 unspecified atom stereocenters. The smallest absolute Gasteiger partial charge is 0.244 e. The zero-order chi connectivity index (χ0) is 15.6. The van der Waals surface area contributed by atoms with Crippen molar-refractivity contribution < 1.29 is 21.7 Å². The van der Waals surface area contributed by atoms with E-state index in [1.807, 2.05) is 0 Å². The summed E-state index contributed by atoms with van der Waals surface area (Å²) in [4.78, 5) is 2.97. The summed E-state index contributed by atoms with van der Waals surface area (Å²) in [7, 11) is -4.28. The summed E-state index contributed by atoms with van der Waals surface area (Å²) in [6.45, 7) is 1.10. The van der Waals surface area contributed by atoms with Crippen LogP contribution in [0.3, 0.4) is 0 Å². The number of nitrogens with two attached hydrogens (primary N) is 1. The van der Waals surface area contributed by atoms with E-state index < -0.39 is 26.6 Å². The van der Waals surface area contributed by atoms with Crippen LogP contribution < -0.4 is 10.5 Å². The fraction of sp³-hybridized carbons (Fsp3) is 0.273. The summed E-state index contributed by atoms with van der Waals surface area (Å²) in [6.07, 6.45) is 0. The highest BCUT2D eigenvalue weighted by atomic mass is 32.2. The van der Waals surface area contributed by atoms with Crippen LogP contribution in [0.25, 0.3) is 0 Å². The van der Waals surface area contributed by atoms with Crippen molar-refractivity contribution >= 4 is 10.0 Å². The Hall–Kier alpha value is -1.91. The van der Waals surface area contributed by atoms with Crippen LogP contribution in [0.5, 0.6) is 0 Å². The first-order valence-corrected chi connectivity index (χ1v) is 7.28. The lowest BCUT2D eigenvalue weighted by Crippen LogP contribution is -2.25. The fourth-order valence-corrected chi connectivity index (χ4v) is 2.70. The Bertz CT molecular complexity index is 761. The fourth-order valence-electron chi connectivity index (χ4n) is 1.58. The Morgan fingerprint density at radius 3 is 2.67 bits per heavy atom. The van der Waals surface area contributed by atoms with Gasteiger partial charge in [-0.2, -0.15) is 4.98 Å². The standard InChI is InChI=1S/C11H12F2N4O3S/c1-6-16-10(17-20-6)5-15-21(18,19)9-3-7(4-14)2-8(12)11(9)13/h2-3,15H,4-5,14H2,1H3. The Kier molecular flexibility index (Phi) is 4.30. The molecule has 0 aliphatic heterocycles. The van der Waals surface area contributed by atoms with Gasteiger partial charge in [-0.05, 0) is 17.7 Å². The van der Waals surface area contributed by atoms with Gasteiger partial charge in [-0.15, -0.1) is 0 Å². The molecule has 0 aliphatic carbocycles. The molecule has 3 N–H and O–H groups in total. The minimum absolute atomic E-state index is 0.0759. The second-order valence-corrected chi connectivity index (χ2v) is 5.88. The highest BCUT2D eigenvalue weighted by molar-refractivity contribution is 7.89. The molecular formula is C11H12F2N4O3S. The molecule has 0 atom stereocenters. The van der Waals surface area contributed by atoms with Crippen LogP contribution in [0.15, 0.2) is 21.6 Å². The van der Waals surface area contributed by atoms with E-state index in [9.17, 15) is 17.2 Å². The van der Waals surface area contributed by atoms with E-state index in [1.54, 1.807) is 0 Å². The predicted molar refractivity (Wildman–Crippen MR) is 67.3 cm³/mol. The second-order valence-electron chi connectivity index (χ2n) is 4.15. The van der Waals surface area contributed by atoms with Crippen LogP contribution in [-0.4, -0.2) is 18.6 Å². The molecule has 1 aromatic carbocycles. The monoisotopic (exact) mass is 318 g/mol. The van der Waals surface area contributed by atoms with Gasteiger partial charge in [0.15, 0.2) is 17.5 Å². The Morgan fingerprint density at radius 2 is 2.10 bits per heavy atom. The van der Waals surface area contributed by atoms with Crippen LogP contribution in [0, 0.1) is 18.6 Å². The second kappa shape index (κ2) is 5.84. The van der Waals surface area contributed by atoms with E-state index in [0.717, 1.165) is 12.1 Å². The molecule has 1 heterocycles. The maximum absolute atomic E-state index is 13.7. The number of aromatic nitrogens is 2. The lowest BCUT2D eigenvalue weighted by molar-refractivity contribution is 0.387. The number of benzene rings is 1. The highest BCUT2D eigenvalue weighted by Crippen LogP contribution is 2.19. The molecule has 2 rings (SSSR count). The largest absolute Gasteiger partial charge is 0.340 e. The molecule has 2 aromatic rings. The molecule has 7 nitrogen and oxygen atoms in total. The highest BCUT2D eigenvalue weighted by Gasteiger charge is 2.23. The Balaban J connectivity index is 2.29. The lowest BCUT2D eigenvalue weighted by atomic mass is 10.2. The Morgan fingerprint density at radius 1 is 1.38 bits per heavy atom. The predicted octanol–water partition coefficient (Wildman–Crippen LogP) is 0.593. The van der Waals surface area contributed by atoms with Gasteiger partial charge in [0, 0.05) is 13.5 Å². The number of rotatable bonds is 5. The zero-order valence-corrected chi connectivity index (χ0v) is 11.7. The molecule has 0 amide bonds. The molecule has 0 spiro atoms. The molecule has 114 valence electrons. The summed E-state index contributed by atoms with van der Waals surface area (Å²) < 4.78 is 57.8. The van der Waals surface area contributed by atoms with E-state index >= 15 is 0 Å². The van der Waals surface area contributed by atoms with Gasteiger partial charge in [-0.1, -0.05) is 5.16 Å². The average molecular weight is 318 g/mol. The first-order chi connectivity index (χ1) is 9.83. The maximum atomic E-state index is 13.7. The third-order valence-electron chi connectivity index (χ3n) is 2.57. The number of nitrogens with one attached hydrogen (secondary N) is 1. The molecule has 0 bridgehead atoms. The average Bonchev–Trinajstić information content (AvgIpc) is 2.85. The number of sulfonamides is 1. The van der Waals surface area contributed by atoms with Gasteiger partial charge in [-0.25, -0.2) is 21.9 Å². The van der Waals surface area contributed by atoms with Crippen molar-refractivity contribution in [3.8, 4) is 0 Å². The van der Waals surface area contributed by atoms with Gasteiger partial charge >= 0.3 is 0 Å². The molecule has 0 saturated carbocycles. The van der Waals surface area contributed by atoms with Gasteiger partial charge in [0.25, 0.3) is 0 Å². The van der Waals surface area contributed by atoms with Gasteiger partial charge < -0.3 is 10.3 Å². The number of hydrogen-bond acceptors (Lipinski definition) is 6. The maximum Gasteiger partial charge on any atom is 0.244 e. The lowest BCUT2D eigenvalue weighted by Gasteiger charge is -2.08. The zero-order valence-electron chi connectivity index (χ0n) is 10.9. The SMILES string of the molecule is Cc1nc(CNS(=O)(=O)c2cc(CN)cc(F)c2F)no1. The van der Waals surface area contributed by atoms with E-state index in [1.165, 1.54) is 6.92 Å². The minimum atomic E-state index is -4.28. The van der Waals surface area contributed by atoms with Crippen LogP contribution in [-0.2, 0) is 23.1 Å². The van der Waals surface area contributed by atoms with Gasteiger partial charge in [0.1, 0.15) is 4.90 Å². The van der Waals surface area contributed by atoms with Crippen LogP contribution in [0.4, 0.5) is 8.78 Å². The number of aryl methyl sites for hydroxylation is 1. The topological polar surface area (TPSA) is 111 Å². The Labute approximate surface area is 119 Å². The summed E-state index contributed by atoms with van der Waals surface area (Å²) in [5.74, 6) is -2.42. The van der Waals surface area contributed by atoms with E-state index in [2.05, 4.69) is 19.4 Å². The normalized spacial score (nSPS) is 11.8. The van der Waals surface area contributed by atoms with Crippen molar-refractivity contribution in [2.24, 2.45) is 5.73 Å². The summed E-state index contributed by atoms with van der Waals surface area (Å²) in [5.41, 5.74) is 5.47. The first-order valence-electron chi connectivity index (χ1n) is 5.80. The van der Waals surface area contributed by atoms with Crippen molar-refractivity contribution in [3.05, 3.63) is 41.0 Å². The molecule has 0 radical (unpaired) electrons. The van der Waals surface area contributed by atoms with Gasteiger partial charge in [0.05, 0.1) is 6.54 Å². The van der Waals surface area contributed by atoms with Crippen molar-refractivity contribution in [2.75, 3.05) is 0 Å². The van der Waals surface area contributed by atoms with Crippen molar-refractivity contribution in [1.82, 2.24) is 14.9 Å². The van der Waals surface area contributed by atoms with Crippen LogP contribution in [0.2, 0.25) is 0 Å². The van der Waals surface area contributed by atoms with Crippen molar-refractivity contribution in [3.63, 3.8) is 0 Å². The number of halogens is 2. The summed E-state index contributed by atoms with van der Waals surface area (Å²) in [5, 5.41) is 3.49. The number of nitrogens with zero attached hydrogens (tertiary/aromatic N) is 2. The quantitative estimate of drug-likeness (QED) is 0.835. The molecular weight excluding hydrogens is 306 g/mol. The van der Waals surface area contributed by atoms with E-state index in [-0.39, 0.29) is 30.4 Å². The third-order valence-corrected chi connectivity index (χ3v) is 3.97. The van der Waals surface area contributed by atoms with Crippen LogP contribution in [0.1, 0.15) is 17.3 Å². The van der Waals surface area contributed by atoms with Gasteiger partial charge in [0.2, 0.25) is 15.9 Å². The molecule has 0 saturated heterocycles.